The molecule has 2 N–H and O–H groups in total. The highest BCUT2D eigenvalue weighted by molar-refractivity contribution is 5.96. The highest BCUT2D eigenvalue weighted by Crippen LogP contribution is 2.30. The molecule has 0 aromatic heterocycles. The van der Waals surface area contributed by atoms with Crippen molar-refractivity contribution < 1.29 is 23.5 Å². The Bertz CT molecular complexity index is 706. The van der Waals surface area contributed by atoms with Crippen molar-refractivity contribution in [3.63, 3.8) is 0 Å². The Morgan fingerprint density at radius 3 is 2.38 bits per heavy atom. The molecule has 2 aliphatic heterocycles. The lowest BCUT2D eigenvalue weighted by Crippen LogP contribution is -2.48. The molecule has 0 spiro atoms. The van der Waals surface area contributed by atoms with Gasteiger partial charge in [0.1, 0.15) is 0 Å². The summed E-state index contributed by atoms with van der Waals surface area (Å²) in [7, 11) is 0. The van der Waals surface area contributed by atoms with Crippen LogP contribution >= 0.6 is 0 Å². The molecule has 8 heteroatoms. The molecule has 1 aromatic rings. The van der Waals surface area contributed by atoms with E-state index in [0.717, 1.165) is 0 Å². The Labute approximate surface area is 169 Å². The second-order valence-corrected chi connectivity index (χ2v) is 8.14. The number of benzene rings is 1. The van der Waals surface area contributed by atoms with Crippen LogP contribution in [0.3, 0.4) is 0 Å². The van der Waals surface area contributed by atoms with Gasteiger partial charge in [-0.2, -0.15) is 0 Å². The molecule has 1 atom stereocenters. The van der Waals surface area contributed by atoms with Crippen molar-refractivity contribution >= 4 is 11.8 Å². The summed E-state index contributed by atoms with van der Waals surface area (Å²) in [5.74, 6) is -3.08. The van der Waals surface area contributed by atoms with Crippen molar-refractivity contribution in [3.8, 4) is 0 Å². The third-order valence-electron chi connectivity index (χ3n) is 5.81. The second-order valence-electron chi connectivity index (χ2n) is 8.14. The molecular weight excluding hydrogens is 380 g/mol. The molecule has 0 saturated carbocycles. The first-order valence-electron chi connectivity index (χ1n) is 10.2. The van der Waals surface area contributed by atoms with Crippen molar-refractivity contribution in [2.75, 3.05) is 39.3 Å². The third-order valence-corrected chi connectivity index (χ3v) is 5.81. The lowest BCUT2D eigenvalue weighted by atomic mass is 9.93. The molecule has 29 heavy (non-hydrogen) atoms. The number of amides is 2. The maximum Gasteiger partial charge on any atom is 0.251 e. The van der Waals surface area contributed by atoms with Gasteiger partial charge >= 0.3 is 0 Å². The molecule has 3 rings (SSSR count). The average molecular weight is 409 g/mol. The van der Waals surface area contributed by atoms with Crippen LogP contribution in [0.2, 0.25) is 0 Å². The number of likely N-dealkylation sites (tertiary alicyclic amines) is 2. The van der Waals surface area contributed by atoms with Crippen molar-refractivity contribution in [3.05, 3.63) is 35.9 Å². The zero-order chi connectivity index (χ0) is 20.9. The van der Waals surface area contributed by atoms with E-state index < -0.39 is 11.5 Å². The van der Waals surface area contributed by atoms with Gasteiger partial charge in [-0.25, -0.2) is 8.78 Å². The largest absolute Gasteiger partial charge is 0.388 e. The molecule has 160 valence electrons. The number of aliphatic hydroxyl groups is 1. The molecule has 0 aliphatic carbocycles. The van der Waals surface area contributed by atoms with Crippen molar-refractivity contribution in [1.29, 1.82) is 0 Å². The van der Waals surface area contributed by atoms with Gasteiger partial charge < -0.3 is 20.2 Å². The summed E-state index contributed by atoms with van der Waals surface area (Å²) in [4.78, 5) is 28.1. The Morgan fingerprint density at radius 1 is 1.00 bits per heavy atom. The van der Waals surface area contributed by atoms with Gasteiger partial charge in [-0.15, -0.1) is 0 Å². The molecule has 2 fully saturated rings. The molecular formula is C21H29F2N3O3. The smallest absolute Gasteiger partial charge is 0.251 e. The standard InChI is InChI=1S/C21H29F2N3O3/c22-21(23)9-12-25(13-10-21)16-20(29)7-4-11-26(14-8-20)18(27)15-24-19(28)17-5-2-1-3-6-17/h1-3,5-6,29H,4,7-16H2,(H,24,28). The number of nitrogens with zero attached hydrogens (tertiary/aromatic N) is 2. The SMILES string of the molecule is O=C(NCC(=O)N1CCCC(O)(CN2CCC(F)(F)CC2)CC1)c1ccccc1. The van der Waals surface area contributed by atoms with E-state index >= 15 is 0 Å². The predicted molar refractivity (Wildman–Crippen MR) is 105 cm³/mol. The fraction of sp³-hybridized carbons (Fsp3) is 0.619. The molecule has 0 bridgehead atoms. The monoisotopic (exact) mass is 409 g/mol. The Hall–Kier alpha value is -2.06. The maximum atomic E-state index is 13.3. The first kappa shape index (κ1) is 21.6. The van der Waals surface area contributed by atoms with Gasteiger partial charge in [-0.3, -0.25) is 9.59 Å². The fourth-order valence-electron chi connectivity index (χ4n) is 4.00. The van der Waals surface area contributed by atoms with E-state index in [9.17, 15) is 23.5 Å². The first-order chi connectivity index (χ1) is 13.8. The van der Waals surface area contributed by atoms with E-state index in [-0.39, 0.29) is 44.3 Å². The number of rotatable bonds is 5. The van der Waals surface area contributed by atoms with Gasteiger partial charge in [0.05, 0.1) is 12.1 Å². The number of nitrogens with one attached hydrogen (secondary N) is 1. The topological polar surface area (TPSA) is 72.9 Å². The molecule has 2 amide bonds. The van der Waals surface area contributed by atoms with Crippen LogP contribution in [-0.2, 0) is 4.79 Å². The van der Waals surface area contributed by atoms with Gasteiger partial charge in [0.15, 0.2) is 0 Å². The number of hydrogen-bond donors (Lipinski definition) is 2. The zero-order valence-electron chi connectivity index (χ0n) is 16.6. The highest BCUT2D eigenvalue weighted by atomic mass is 19.3. The van der Waals surface area contributed by atoms with Crippen LogP contribution in [-0.4, -0.2) is 77.5 Å². The van der Waals surface area contributed by atoms with E-state index in [1.54, 1.807) is 29.2 Å². The van der Waals surface area contributed by atoms with Crippen molar-refractivity contribution in [1.82, 2.24) is 15.1 Å². The third kappa shape index (κ3) is 6.21. The van der Waals surface area contributed by atoms with Gasteiger partial charge in [0.2, 0.25) is 5.91 Å². The van der Waals surface area contributed by atoms with E-state index in [1.807, 2.05) is 11.0 Å². The minimum absolute atomic E-state index is 0.0899. The van der Waals surface area contributed by atoms with Crippen LogP contribution in [0.15, 0.2) is 30.3 Å². The van der Waals surface area contributed by atoms with Crippen LogP contribution in [0, 0.1) is 0 Å². The lowest BCUT2D eigenvalue weighted by molar-refractivity contribution is -0.130. The minimum Gasteiger partial charge on any atom is -0.388 e. The molecule has 0 radical (unpaired) electrons. The number of hydrogen-bond acceptors (Lipinski definition) is 4. The highest BCUT2D eigenvalue weighted by Gasteiger charge is 2.38. The second kappa shape index (κ2) is 9.17. The van der Waals surface area contributed by atoms with E-state index in [2.05, 4.69) is 5.32 Å². The summed E-state index contributed by atoms with van der Waals surface area (Å²) in [6.45, 7) is 1.73. The Kier molecular flexibility index (Phi) is 6.85. The number of carbonyl (C=O) groups excluding carboxylic acids is 2. The lowest BCUT2D eigenvalue weighted by Gasteiger charge is -2.37. The maximum absolute atomic E-state index is 13.3. The zero-order valence-corrected chi connectivity index (χ0v) is 16.6. The van der Waals surface area contributed by atoms with Crippen LogP contribution in [0.25, 0.3) is 0 Å². The number of β-amino-alcohol motifs (C(OH)–C–C–N with tert-alkyl or cyclic N) is 1. The average Bonchev–Trinajstić information content (AvgIpc) is 2.90. The summed E-state index contributed by atoms with van der Waals surface area (Å²) in [5.41, 5.74) is -0.479. The summed E-state index contributed by atoms with van der Waals surface area (Å²) < 4.78 is 26.7. The van der Waals surface area contributed by atoms with Gasteiger partial charge in [-0.1, -0.05) is 18.2 Å². The molecule has 2 aliphatic rings. The molecule has 1 unspecified atom stereocenters. The van der Waals surface area contributed by atoms with Crippen LogP contribution in [0.5, 0.6) is 0 Å². The van der Waals surface area contributed by atoms with Gasteiger partial charge in [0, 0.05) is 51.1 Å². The number of alkyl halides is 2. The molecule has 1 aromatic carbocycles. The van der Waals surface area contributed by atoms with Gasteiger partial charge in [0.25, 0.3) is 11.8 Å². The molecule has 2 saturated heterocycles. The van der Waals surface area contributed by atoms with E-state index in [0.29, 0.717) is 44.5 Å². The Balaban J connectivity index is 1.46. The van der Waals surface area contributed by atoms with Crippen LogP contribution in [0.1, 0.15) is 42.5 Å². The molecule has 2 heterocycles. The summed E-state index contributed by atoms with van der Waals surface area (Å²) >= 11 is 0. The Morgan fingerprint density at radius 2 is 1.69 bits per heavy atom. The minimum atomic E-state index is -2.60. The number of halogens is 2. The van der Waals surface area contributed by atoms with E-state index in [1.165, 1.54) is 0 Å². The summed E-state index contributed by atoms with van der Waals surface area (Å²) in [6, 6.07) is 8.70. The van der Waals surface area contributed by atoms with Crippen molar-refractivity contribution in [2.45, 2.75) is 43.6 Å². The quantitative estimate of drug-likeness (QED) is 0.779. The fourth-order valence-corrected chi connectivity index (χ4v) is 4.00. The summed E-state index contributed by atoms with van der Waals surface area (Å²) in [5, 5.41) is 13.6. The number of carbonyl (C=O) groups is 2. The van der Waals surface area contributed by atoms with Crippen LogP contribution < -0.4 is 5.32 Å². The molecule has 6 nitrogen and oxygen atoms in total. The first-order valence-corrected chi connectivity index (χ1v) is 10.2. The van der Waals surface area contributed by atoms with Crippen molar-refractivity contribution in [2.24, 2.45) is 0 Å². The normalized spacial score (nSPS) is 25.3. The van der Waals surface area contributed by atoms with E-state index in [4.69, 9.17) is 0 Å². The van der Waals surface area contributed by atoms with Crippen LogP contribution in [0.4, 0.5) is 8.78 Å². The summed E-state index contributed by atoms with van der Waals surface area (Å²) in [6.07, 6.45) is 1.22. The van der Waals surface area contributed by atoms with Gasteiger partial charge in [-0.05, 0) is 31.4 Å². The predicted octanol–water partition coefficient (Wildman–Crippen LogP) is 1.89. The number of piperidine rings is 1.